The summed E-state index contributed by atoms with van der Waals surface area (Å²) < 4.78 is 18.8. The molecule has 0 fully saturated rings. The Balaban J connectivity index is 1.56. The summed E-state index contributed by atoms with van der Waals surface area (Å²) in [7, 11) is 0. The van der Waals surface area contributed by atoms with Crippen LogP contribution < -0.4 is 5.32 Å². The molecule has 0 saturated carbocycles. The Bertz CT molecular complexity index is 896. The van der Waals surface area contributed by atoms with Crippen molar-refractivity contribution in [3.05, 3.63) is 65.8 Å². The molecule has 0 aliphatic carbocycles. The van der Waals surface area contributed by atoms with Crippen molar-refractivity contribution < 1.29 is 13.7 Å². The van der Waals surface area contributed by atoms with Gasteiger partial charge in [0.15, 0.2) is 0 Å². The highest BCUT2D eigenvalue weighted by molar-refractivity contribution is 7.99. The smallest absolute Gasteiger partial charge is 0.237 e. The van der Waals surface area contributed by atoms with E-state index in [-0.39, 0.29) is 11.6 Å². The fourth-order valence-electron chi connectivity index (χ4n) is 2.20. The number of thioether (sulfide) groups is 1. The molecule has 0 bridgehead atoms. The van der Waals surface area contributed by atoms with Gasteiger partial charge in [-0.15, -0.1) is 11.8 Å². The summed E-state index contributed by atoms with van der Waals surface area (Å²) >= 11 is 1.34. The van der Waals surface area contributed by atoms with Gasteiger partial charge in [0.2, 0.25) is 17.6 Å². The zero-order valence-corrected chi connectivity index (χ0v) is 15.2. The molecule has 1 amide bonds. The number of para-hydroxylation sites is 1. The molecule has 0 unspecified atom stereocenters. The van der Waals surface area contributed by atoms with E-state index in [9.17, 15) is 9.18 Å². The van der Waals surface area contributed by atoms with E-state index in [2.05, 4.69) is 15.5 Å². The van der Waals surface area contributed by atoms with Crippen LogP contribution in [-0.4, -0.2) is 21.3 Å². The molecule has 1 N–H and O–H groups in total. The Morgan fingerprint density at radius 3 is 2.69 bits per heavy atom. The van der Waals surface area contributed by atoms with Crippen LogP contribution in [0.15, 0.2) is 53.1 Å². The largest absolute Gasteiger partial charge is 0.338 e. The van der Waals surface area contributed by atoms with E-state index >= 15 is 0 Å². The number of benzene rings is 2. The average molecular weight is 371 g/mol. The number of nitrogens with zero attached hydrogens (tertiary/aromatic N) is 2. The van der Waals surface area contributed by atoms with Gasteiger partial charge in [-0.3, -0.25) is 4.79 Å². The maximum Gasteiger partial charge on any atom is 0.237 e. The Hall–Kier alpha value is -2.67. The van der Waals surface area contributed by atoms with Crippen LogP contribution in [0.1, 0.15) is 18.4 Å². The molecule has 1 atom stereocenters. The number of hydrogen-bond acceptors (Lipinski definition) is 5. The predicted molar refractivity (Wildman–Crippen MR) is 100 cm³/mol. The van der Waals surface area contributed by atoms with E-state index in [1.165, 1.54) is 23.9 Å². The van der Waals surface area contributed by atoms with Crippen molar-refractivity contribution in [2.45, 2.75) is 24.9 Å². The molecule has 0 radical (unpaired) electrons. The number of rotatable bonds is 6. The summed E-state index contributed by atoms with van der Waals surface area (Å²) in [5.74, 6) is 0.612. The number of carbonyl (C=O) groups is 1. The van der Waals surface area contributed by atoms with E-state index in [1.54, 1.807) is 19.1 Å². The molecule has 1 aromatic heterocycles. The zero-order valence-electron chi connectivity index (χ0n) is 14.4. The summed E-state index contributed by atoms with van der Waals surface area (Å²) in [5, 5.41) is 6.15. The minimum atomic E-state index is -0.460. The summed E-state index contributed by atoms with van der Waals surface area (Å²) in [6.07, 6.45) is 0. The van der Waals surface area contributed by atoms with Gasteiger partial charge in [0.1, 0.15) is 5.82 Å². The minimum absolute atomic E-state index is 0.171. The highest BCUT2D eigenvalue weighted by Gasteiger charge is 2.17. The van der Waals surface area contributed by atoms with Crippen LogP contribution in [0.5, 0.6) is 0 Å². The summed E-state index contributed by atoms with van der Waals surface area (Å²) in [4.78, 5) is 16.5. The highest BCUT2D eigenvalue weighted by Crippen LogP contribution is 2.22. The fourth-order valence-corrected chi connectivity index (χ4v) is 2.92. The molecule has 7 heteroatoms. The van der Waals surface area contributed by atoms with Crippen LogP contribution >= 0.6 is 11.8 Å². The van der Waals surface area contributed by atoms with Crippen LogP contribution in [-0.2, 0) is 10.5 Å². The molecule has 2 aromatic carbocycles. The molecule has 0 saturated heterocycles. The van der Waals surface area contributed by atoms with Crippen LogP contribution in [0.4, 0.5) is 10.1 Å². The third-order valence-corrected chi connectivity index (χ3v) is 4.86. The lowest BCUT2D eigenvalue weighted by Gasteiger charge is -2.11. The number of aryl methyl sites for hydroxylation is 1. The molecule has 1 heterocycles. The first-order valence-electron chi connectivity index (χ1n) is 8.09. The standard InChI is InChI=1S/C19H18FN3O2S/c1-12-7-9-14(10-8-12)18-22-17(25-23-18)11-26-13(2)19(24)21-16-6-4-3-5-15(16)20/h3-10,13H,11H2,1-2H3,(H,21,24)/t13-/m0/s1. The lowest BCUT2D eigenvalue weighted by molar-refractivity contribution is -0.115. The van der Waals surface area contributed by atoms with Gasteiger partial charge in [-0.2, -0.15) is 4.98 Å². The van der Waals surface area contributed by atoms with Gasteiger partial charge in [0.25, 0.3) is 0 Å². The van der Waals surface area contributed by atoms with Crippen LogP contribution in [0, 0.1) is 12.7 Å². The van der Waals surface area contributed by atoms with Gasteiger partial charge < -0.3 is 9.84 Å². The molecular formula is C19H18FN3O2S. The van der Waals surface area contributed by atoms with Crippen LogP contribution in [0.2, 0.25) is 0 Å². The van der Waals surface area contributed by atoms with Gasteiger partial charge >= 0.3 is 0 Å². The average Bonchev–Trinajstić information content (AvgIpc) is 3.11. The van der Waals surface area contributed by atoms with Crippen molar-refractivity contribution in [1.29, 1.82) is 0 Å². The number of carbonyl (C=O) groups excluding carboxylic acids is 1. The number of nitrogens with one attached hydrogen (secondary N) is 1. The zero-order chi connectivity index (χ0) is 18.5. The molecule has 3 aromatic rings. The van der Waals surface area contributed by atoms with Crippen LogP contribution in [0.3, 0.4) is 0 Å². The van der Waals surface area contributed by atoms with E-state index in [1.807, 2.05) is 31.2 Å². The SMILES string of the molecule is Cc1ccc(-c2noc(CS[C@@H](C)C(=O)Nc3ccccc3F)n2)cc1. The highest BCUT2D eigenvalue weighted by atomic mass is 32.2. The second-order valence-corrected chi connectivity index (χ2v) is 7.13. The van der Waals surface area contributed by atoms with Crippen LogP contribution in [0.25, 0.3) is 11.4 Å². The summed E-state index contributed by atoms with van der Waals surface area (Å²) in [6.45, 7) is 3.76. The maximum absolute atomic E-state index is 13.6. The Morgan fingerprint density at radius 2 is 1.96 bits per heavy atom. The van der Waals surface area contributed by atoms with Gasteiger partial charge in [-0.25, -0.2) is 4.39 Å². The van der Waals surface area contributed by atoms with Crippen molar-refractivity contribution >= 4 is 23.4 Å². The fraction of sp³-hybridized carbons (Fsp3) is 0.211. The van der Waals surface area contributed by atoms with Crippen molar-refractivity contribution in [3.63, 3.8) is 0 Å². The van der Waals surface area contributed by atoms with Crippen molar-refractivity contribution in [2.24, 2.45) is 0 Å². The van der Waals surface area contributed by atoms with Crippen molar-refractivity contribution in [1.82, 2.24) is 10.1 Å². The molecule has 0 spiro atoms. The monoisotopic (exact) mass is 371 g/mol. The molecule has 3 rings (SSSR count). The van der Waals surface area contributed by atoms with Crippen molar-refractivity contribution in [2.75, 3.05) is 5.32 Å². The maximum atomic E-state index is 13.6. The molecule has 5 nitrogen and oxygen atoms in total. The first kappa shape index (κ1) is 18.1. The minimum Gasteiger partial charge on any atom is -0.338 e. The van der Waals surface area contributed by atoms with Gasteiger partial charge in [0, 0.05) is 5.56 Å². The second-order valence-electron chi connectivity index (χ2n) is 5.80. The van der Waals surface area contributed by atoms with E-state index in [4.69, 9.17) is 4.52 Å². The van der Waals surface area contributed by atoms with Gasteiger partial charge in [-0.05, 0) is 26.0 Å². The molecule has 134 valence electrons. The predicted octanol–water partition coefficient (Wildman–Crippen LogP) is 4.44. The first-order chi connectivity index (χ1) is 12.5. The molecule has 0 aliphatic heterocycles. The summed E-state index contributed by atoms with van der Waals surface area (Å²) in [6, 6.07) is 13.9. The van der Waals surface area contributed by atoms with Crippen molar-refractivity contribution in [3.8, 4) is 11.4 Å². The topological polar surface area (TPSA) is 68.0 Å². The number of halogens is 1. The quantitative estimate of drug-likeness (QED) is 0.694. The normalized spacial score (nSPS) is 12.0. The lowest BCUT2D eigenvalue weighted by atomic mass is 10.1. The Morgan fingerprint density at radius 1 is 1.23 bits per heavy atom. The van der Waals surface area contributed by atoms with E-state index in [0.717, 1.165) is 11.1 Å². The number of aromatic nitrogens is 2. The third-order valence-electron chi connectivity index (χ3n) is 3.74. The first-order valence-corrected chi connectivity index (χ1v) is 9.14. The number of hydrogen-bond donors (Lipinski definition) is 1. The summed E-state index contributed by atoms with van der Waals surface area (Å²) in [5.41, 5.74) is 2.20. The molecular weight excluding hydrogens is 353 g/mol. The van der Waals surface area contributed by atoms with E-state index < -0.39 is 11.1 Å². The number of amides is 1. The third kappa shape index (κ3) is 4.49. The van der Waals surface area contributed by atoms with Gasteiger partial charge in [-0.1, -0.05) is 47.1 Å². The number of anilines is 1. The Labute approximate surface area is 155 Å². The van der Waals surface area contributed by atoms with Gasteiger partial charge in [0.05, 0.1) is 16.7 Å². The lowest BCUT2D eigenvalue weighted by Crippen LogP contribution is -2.23. The second kappa shape index (κ2) is 8.14. The van der Waals surface area contributed by atoms with E-state index in [0.29, 0.717) is 17.5 Å². The Kier molecular flexibility index (Phi) is 5.68. The molecule has 26 heavy (non-hydrogen) atoms. The molecule has 0 aliphatic rings.